The van der Waals surface area contributed by atoms with Gasteiger partial charge in [0.1, 0.15) is 0 Å². The molecule has 2 N–H and O–H groups in total. The minimum absolute atomic E-state index is 0.416. The maximum atomic E-state index is 11.2. The molecule has 0 saturated heterocycles. The molecule has 0 bridgehead atoms. The maximum absolute atomic E-state index is 11.2. The average Bonchev–Trinajstić information content (AvgIpc) is 2.37. The van der Waals surface area contributed by atoms with Crippen molar-refractivity contribution >= 4 is 5.97 Å². The van der Waals surface area contributed by atoms with Crippen molar-refractivity contribution in [1.82, 2.24) is 4.90 Å². The fraction of sp³-hybridized carbons (Fsp3) is 0.533. The second-order valence-corrected chi connectivity index (χ2v) is 5.56. The van der Waals surface area contributed by atoms with Crippen LogP contribution < -0.4 is 0 Å². The Morgan fingerprint density at radius 3 is 2.84 bits per heavy atom. The van der Waals surface area contributed by atoms with Crippen LogP contribution >= 0.6 is 0 Å². The number of β-amino-alcohol motifs (C(OH)–C–C–N with tert-alkyl or cyclic N) is 1. The van der Waals surface area contributed by atoms with Gasteiger partial charge in [-0.2, -0.15) is 0 Å². The lowest BCUT2D eigenvalue weighted by Gasteiger charge is -2.34. The first-order valence-electron chi connectivity index (χ1n) is 6.72. The highest BCUT2D eigenvalue weighted by Crippen LogP contribution is 2.24. The molecule has 104 valence electrons. The smallest absolute Gasteiger partial charge is 0.335 e. The third-order valence-corrected chi connectivity index (χ3v) is 3.90. The molecule has 19 heavy (non-hydrogen) atoms. The zero-order valence-electron chi connectivity index (χ0n) is 11.5. The number of nitrogens with zero attached hydrogens (tertiary/aromatic N) is 1. The van der Waals surface area contributed by atoms with E-state index in [1.54, 1.807) is 12.1 Å². The van der Waals surface area contributed by atoms with E-state index in [4.69, 9.17) is 0 Å². The number of carboxylic acids is 1. The van der Waals surface area contributed by atoms with Crippen molar-refractivity contribution in [3.63, 3.8) is 0 Å². The van der Waals surface area contributed by atoms with Crippen LogP contribution in [0.2, 0.25) is 0 Å². The number of fused-ring (bicyclic) bond motifs is 1. The predicted molar refractivity (Wildman–Crippen MR) is 73.3 cm³/mol. The molecule has 2 rings (SSSR count). The second kappa shape index (κ2) is 5.31. The molecule has 1 heterocycles. The number of carbonyl (C=O) groups is 1. The molecule has 0 fully saturated rings. The van der Waals surface area contributed by atoms with E-state index in [-0.39, 0.29) is 0 Å². The maximum Gasteiger partial charge on any atom is 0.335 e. The third kappa shape index (κ3) is 3.14. The Balaban J connectivity index is 2.17. The van der Waals surface area contributed by atoms with Crippen LogP contribution in [0.4, 0.5) is 0 Å². The molecular formula is C15H21NO3. The molecule has 1 atom stereocenters. The number of hydrogen-bond acceptors (Lipinski definition) is 3. The Morgan fingerprint density at radius 2 is 2.21 bits per heavy atom. The van der Waals surface area contributed by atoms with E-state index in [0.717, 1.165) is 24.1 Å². The summed E-state index contributed by atoms with van der Waals surface area (Å²) in [5, 5.41) is 19.3. The van der Waals surface area contributed by atoms with Crippen LogP contribution in [0.15, 0.2) is 18.2 Å². The first-order chi connectivity index (χ1) is 8.93. The predicted octanol–water partition coefficient (Wildman–Crippen LogP) is 1.90. The van der Waals surface area contributed by atoms with Crippen molar-refractivity contribution in [3.05, 3.63) is 34.9 Å². The van der Waals surface area contributed by atoms with Crippen molar-refractivity contribution < 1.29 is 15.0 Å². The normalized spacial score (nSPS) is 18.7. The first-order valence-corrected chi connectivity index (χ1v) is 6.72. The summed E-state index contributed by atoms with van der Waals surface area (Å²) in [6.07, 6.45) is 1.45. The van der Waals surface area contributed by atoms with Crippen LogP contribution in [0.1, 0.15) is 41.8 Å². The highest BCUT2D eigenvalue weighted by Gasteiger charge is 2.26. The summed E-state index contributed by atoms with van der Waals surface area (Å²) in [7, 11) is 0. The van der Waals surface area contributed by atoms with Crippen LogP contribution in [0, 0.1) is 0 Å². The van der Waals surface area contributed by atoms with E-state index in [1.807, 2.05) is 19.9 Å². The topological polar surface area (TPSA) is 60.8 Å². The summed E-state index contributed by atoms with van der Waals surface area (Å²) in [5.41, 5.74) is 1.75. The van der Waals surface area contributed by atoms with Gasteiger partial charge in [-0.3, -0.25) is 4.90 Å². The standard InChI is InChI=1S/C15H21NO3/c1-3-15(2,19)10-16-8-7-12-11(9-16)5-4-6-13(12)14(17)18/h4-6,19H,3,7-10H2,1-2H3,(H,17,18). The van der Waals surface area contributed by atoms with Gasteiger partial charge in [0.25, 0.3) is 0 Å². The Hall–Kier alpha value is -1.39. The van der Waals surface area contributed by atoms with Gasteiger partial charge in [-0.05, 0) is 37.0 Å². The summed E-state index contributed by atoms with van der Waals surface area (Å²) in [5.74, 6) is -0.856. The van der Waals surface area contributed by atoms with Crippen LogP contribution in [-0.2, 0) is 13.0 Å². The summed E-state index contributed by atoms with van der Waals surface area (Å²) in [4.78, 5) is 13.4. The summed E-state index contributed by atoms with van der Waals surface area (Å²) in [6.45, 7) is 5.96. The summed E-state index contributed by atoms with van der Waals surface area (Å²) < 4.78 is 0. The molecule has 0 aliphatic carbocycles. The van der Waals surface area contributed by atoms with Crippen LogP contribution in [0.25, 0.3) is 0 Å². The van der Waals surface area contributed by atoms with Gasteiger partial charge in [0.2, 0.25) is 0 Å². The number of aromatic carboxylic acids is 1. The van der Waals surface area contributed by atoms with Gasteiger partial charge >= 0.3 is 5.97 Å². The number of aliphatic hydroxyl groups is 1. The van der Waals surface area contributed by atoms with Crippen LogP contribution in [-0.4, -0.2) is 39.8 Å². The number of rotatable bonds is 4. The molecule has 1 unspecified atom stereocenters. The van der Waals surface area contributed by atoms with Crippen LogP contribution in [0.3, 0.4) is 0 Å². The van der Waals surface area contributed by atoms with E-state index >= 15 is 0 Å². The lowest BCUT2D eigenvalue weighted by molar-refractivity contribution is 0.0123. The first kappa shape index (κ1) is 14.0. The molecule has 1 aromatic rings. The Labute approximate surface area is 113 Å². The number of hydrogen-bond donors (Lipinski definition) is 2. The molecule has 0 radical (unpaired) electrons. The molecule has 1 aliphatic heterocycles. The van der Waals surface area contributed by atoms with E-state index in [9.17, 15) is 15.0 Å². The van der Waals surface area contributed by atoms with Crippen molar-refractivity contribution in [2.75, 3.05) is 13.1 Å². The molecule has 0 spiro atoms. The lowest BCUT2D eigenvalue weighted by Crippen LogP contribution is -2.43. The average molecular weight is 263 g/mol. The zero-order chi connectivity index (χ0) is 14.0. The molecule has 4 nitrogen and oxygen atoms in total. The SMILES string of the molecule is CCC(C)(O)CN1CCc2c(cccc2C(=O)O)C1. The third-order valence-electron chi connectivity index (χ3n) is 3.90. The second-order valence-electron chi connectivity index (χ2n) is 5.56. The fourth-order valence-electron chi connectivity index (χ4n) is 2.60. The van der Waals surface area contributed by atoms with E-state index < -0.39 is 11.6 Å². The zero-order valence-corrected chi connectivity index (χ0v) is 11.5. The quantitative estimate of drug-likeness (QED) is 0.871. The van der Waals surface area contributed by atoms with Crippen LogP contribution in [0.5, 0.6) is 0 Å². The Kier molecular flexibility index (Phi) is 3.92. The van der Waals surface area contributed by atoms with Crippen molar-refractivity contribution in [2.45, 2.75) is 38.8 Å². The monoisotopic (exact) mass is 263 g/mol. The minimum atomic E-state index is -0.856. The molecule has 4 heteroatoms. The van der Waals surface area contributed by atoms with Crippen molar-refractivity contribution in [1.29, 1.82) is 0 Å². The van der Waals surface area contributed by atoms with Gasteiger partial charge < -0.3 is 10.2 Å². The van der Waals surface area contributed by atoms with Crippen molar-refractivity contribution in [3.8, 4) is 0 Å². The van der Waals surface area contributed by atoms with Gasteiger partial charge in [0, 0.05) is 19.6 Å². The van der Waals surface area contributed by atoms with E-state index in [2.05, 4.69) is 4.90 Å². The van der Waals surface area contributed by atoms with E-state index in [0.29, 0.717) is 25.1 Å². The molecule has 1 aliphatic rings. The number of benzene rings is 1. The highest BCUT2D eigenvalue weighted by atomic mass is 16.4. The largest absolute Gasteiger partial charge is 0.478 e. The fourth-order valence-corrected chi connectivity index (χ4v) is 2.60. The molecular weight excluding hydrogens is 242 g/mol. The Bertz CT molecular complexity index is 482. The lowest BCUT2D eigenvalue weighted by atomic mass is 9.93. The van der Waals surface area contributed by atoms with Gasteiger partial charge in [-0.15, -0.1) is 0 Å². The Morgan fingerprint density at radius 1 is 1.47 bits per heavy atom. The minimum Gasteiger partial charge on any atom is -0.478 e. The number of carboxylic acid groups (broad SMARTS) is 1. The van der Waals surface area contributed by atoms with Crippen molar-refractivity contribution in [2.24, 2.45) is 0 Å². The molecule has 1 aromatic carbocycles. The van der Waals surface area contributed by atoms with Gasteiger partial charge in [-0.1, -0.05) is 19.1 Å². The van der Waals surface area contributed by atoms with Gasteiger partial charge in [0.15, 0.2) is 0 Å². The molecule has 0 amide bonds. The van der Waals surface area contributed by atoms with Gasteiger partial charge in [0.05, 0.1) is 11.2 Å². The molecule has 0 saturated carbocycles. The van der Waals surface area contributed by atoms with Gasteiger partial charge in [-0.25, -0.2) is 4.79 Å². The summed E-state index contributed by atoms with van der Waals surface area (Å²) >= 11 is 0. The highest BCUT2D eigenvalue weighted by molar-refractivity contribution is 5.89. The van der Waals surface area contributed by atoms with E-state index in [1.165, 1.54) is 0 Å². The summed E-state index contributed by atoms with van der Waals surface area (Å²) in [6, 6.07) is 5.44. The molecule has 0 aromatic heterocycles.